The first-order chi connectivity index (χ1) is 9.52. The Balaban J connectivity index is 1.84. The molecule has 0 spiro atoms. The molecule has 112 valence electrons. The SMILES string of the molecule is CCn1cc(S(=O)(=O)N2CCC3CNCC3C2)nc1C. The van der Waals surface area contributed by atoms with Crippen LogP contribution in [0.2, 0.25) is 0 Å². The molecular formula is C13H22N4O2S. The first-order valence-electron chi connectivity index (χ1n) is 7.27. The molecule has 6 nitrogen and oxygen atoms in total. The van der Waals surface area contributed by atoms with Gasteiger partial charge < -0.3 is 9.88 Å². The lowest BCUT2D eigenvalue weighted by molar-refractivity contribution is 0.227. The van der Waals surface area contributed by atoms with Gasteiger partial charge in [-0.3, -0.25) is 0 Å². The highest BCUT2D eigenvalue weighted by atomic mass is 32.2. The van der Waals surface area contributed by atoms with E-state index in [0.29, 0.717) is 24.9 Å². The predicted octanol–water partition coefficient (Wildman–Crippen LogP) is 0.441. The molecule has 7 heteroatoms. The summed E-state index contributed by atoms with van der Waals surface area (Å²) in [4.78, 5) is 4.23. The Morgan fingerprint density at radius 3 is 2.85 bits per heavy atom. The van der Waals surface area contributed by atoms with E-state index in [0.717, 1.165) is 31.9 Å². The second kappa shape index (κ2) is 5.13. The van der Waals surface area contributed by atoms with Crippen LogP contribution in [0.1, 0.15) is 19.2 Å². The van der Waals surface area contributed by atoms with Crippen molar-refractivity contribution < 1.29 is 8.42 Å². The van der Waals surface area contributed by atoms with E-state index in [9.17, 15) is 8.42 Å². The highest BCUT2D eigenvalue weighted by molar-refractivity contribution is 7.89. The van der Waals surface area contributed by atoms with Gasteiger partial charge in [-0.15, -0.1) is 0 Å². The van der Waals surface area contributed by atoms with Gasteiger partial charge in [0.05, 0.1) is 0 Å². The summed E-state index contributed by atoms with van der Waals surface area (Å²) in [5.74, 6) is 1.84. The second-order valence-electron chi connectivity index (χ2n) is 5.74. The number of sulfonamides is 1. The highest BCUT2D eigenvalue weighted by Gasteiger charge is 2.38. The summed E-state index contributed by atoms with van der Waals surface area (Å²) < 4.78 is 28.9. The van der Waals surface area contributed by atoms with Gasteiger partial charge in [-0.25, -0.2) is 13.4 Å². The fraction of sp³-hybridized carbons (Fsp3) is 0.769. The molecule has 3 rings (SSSR count). The fourth-order valence-electron chi connectivity index (χ4n) is 3.28. The minimum absolute atomic E-state index is 0.196. The van der Waals surface area contributed by atoms with Crippen LogP contribution in [-0.2, 0) is 16.6 Å². The number of nitrogens with one attached hydrogen (secondary N) is 1. The van der Waals surface area contributed by atoms with Crippen LogP contribution < -0.4 is 5.32 Å². The number of rotatable bonds is 3. The highest BCUT2D eigenvalue weighted by Crippen LogP contribution is 2.29. The summed E-state index contributed by atoms with van der Waals surface area (Å²) in [5.41, 5.74) is 0. The van der Waals surface area contributed by atoms with E-state index in [2.05, 4.69) is 10.3 Å². The molecule has 2 unspecified atom stereocenters. The molecule has 2 aliphatic rings. The van der Waals surface area contributed by atoms with Crippen molar-refractivity contribution in [1.29, 1.82) is 0 Å². The Bertz CT molecular complexity index is 596. The standard InChI is InChI=1S/C13H22N4O2S/c1-3-16-9-13(15-10(16)2)20(18,19)17-5-4-11-6-14-7-12(11)8-17/h9,11-12,14H,3-8H2,1-2H3. The summed E-state index contributed by atoms with van der Waals surface area (Å²) in [7, 11) is -3.44. The molecule has 1 aromatic rings. The van der Waals surface area contributed by atoms with Crippen molar-refractivity contribution in [3.8, 4) is 0 Å². The van der Waals surface area contributed by atoms with Crippen molar-refractivity contribution in [1.82, 2.24) is 19.2 Å². The number of aromatic nitrogens is 2. The van der Waals surface area contributed by atoms with Gasteiger partial charge in [-0.05, 0) is 45.2 Å². The molecule has 0 saturated carbocycles. The summed E-state index contributed by atoms with van der Waals surface area (Å²) in [6.45, 7) is 7.77. The number of piperidine rings is 1. The number of hydrogen-bond acceptors (Lipinski definition) is 4. The van der Waals surface area contributed by atoms with Gasteiger partial charge in [0.1, 0.15) is 5.82 Å². The lowest BCUT2D eigenvalue weighted by Gasteiger charge is -2.32. The van der Waals surface area contributed by atoms with Gasteiger partial charge >= 0.3 is 0 Å². The van der Waals surface area contributed by atoms with Crippen molar-refractivity contribution in [3.63, 3.8) is 0 Å². The zero-order valence-corrected chi connectivity index (χ0v) is 12.9. The van der Waals surface area contributed by atoms with Crippen molar-refractivity contribution in [2.24, 2.45) is 11.8 Å². The fourth-order valence-corrected chi connectivity index (χ4v) is 4.78. The van der Waals surface area contributed by atoms with Gasteiger partial charge in [0.25, 0.3) is 10.0 Å². The number of fused-ring (bicyclic) bond motifs is 1. The molecule has 0 radical (unpaired) electrons. The number of imidazole rings is 1. The second-order valence-corrected chi connectivity index (χ2v) is 7.63. The minimum Gasteiger partial charge on any atom is -0.334 e. The maximum atomic E-state index is 12.7. The van der Waals surface area contributed by atoms with Crippen LogP contribution in [0.25, 0.3) is 0 Å². The van der Waals surface area contributed by atoms with E-state index >= 15 is 0 Å². The number of nitrogens with zero attached hydrogens (tertiary/aromatic N) is 3. The largest absolute Gasteiger partial charge is 0.334 e. The Hall–Kier alpha value is -0.920. The van der Waals surface area contributed by atoms with Gasteiger partial charge in [-0.1, -0.05) is 0 Å². The maximum absolute atomic E-state index is 12.7. The average Bonchev–Trinajstić information content (AvgIpc) is 3.03. The predicted molar refractivity (Wildman–Crippen MR) is 75.9 cm³/mol. The number of hydrogen-bond donors (Lipinski definition) is 1. The summed E-state index contributed by atoms with van der Waals surface area (Å²) in [6, 6.07) is 0. The van der Waals surface area contributed by atoms with Crippen molar-refractivity contribution in [2.45, 2.75) is 31.8 Å². The van der Waals surface area contributed by atoms with Gasteiger partial charge in [0.15, 0.2) is 5.03 Å². The Morgan fingerprint density at radius 2 is 2.15 bits per heavy atom. The monoisotopic (exact) mass is 298 g/mol. The maximum Gasteiger partial charge on any atom is 0.262 e. The van der Waals surface area contributed by atoms with E-state index < -0.39 is 10.0 Å². The van der Waals surface area contributed by atoms with E-state index in [1.165, 1.54) is 0 Å². The van der Waals surface area contributed by atoms with E-state index in [1.807, 2.05) is 18.4 Å². The minimum atomic E-state index is -3.44. The normalized spacial score (nSPS) is 27.7. The summed E-state index contributed by atoms with van der Waals surface area (Å²) in [5, 5.41) is 3.55. The zero-order chi connectivity index (χ0) is 14.3. The van der Waals surface area contributed by atoms with E-state index in [1.54, 1.807) is 10.5 Å². The molecule has 3 heterocycles. The lowest BCUT2D eigenvalue weighted by atomic mass is 9.90. The molecule has 2 saturated heterocycles. The lowest BCUT2D eigenvalue weighted by Crippen LogP contribution is -2.43. The van der Waals surface area contributed by atoms with Crippen molar-refractivity contribution >= 4 is 10.0 Å². The van der Waals surface area contributed by atoms with Crippen LogP contribution in [0.3, 0.4) is 0 Å². The molecule has 1 N–H and O–H groups in total. The first kappa shape index (κ1) is 14.0. The first-order valence-corrected chi connectivity index (χ1v) is 8.71. The van der Waals surface area contributed by atoms with Crippen LogP contribution in [0.15, 0.2) is 11.2 Å². The van der Waals surface area contributed by atoms with Crippen molar-refractivity contribution in [2.75, 3.05) is 26.2 Å². The zero-order valence-electron chi connectivity index (χ0n) is 12.0. The van der Waals surface area contributed by atoms with Gasteiger partial charge in [0.2, 0.25) is 0 Å². The molecule has 20 heavy (non-hydrogen) atoms. The topological polar surface area (TPSA) is 67.2 Å². The molecule has 2 atom stereocenters. The van der Waals surface area contributed by atoms with Crippen LogP contribution >= 0.6 is 0 Å². The van der Waals surface area contributed by atoms with Crippen LogP contribution in [0.4, 0.5) is 0 Å². The molecular weight excluding hydrogens is 276 g/mol. The smallest absolute Gasteiger partial charge is 0.262 e. The summed E-state index contributed by atoms with van der Waals surface area (Å²) >= 11 is 0. The molecule has 0 aromatic carbocycles. The molecule has 2 fully saturated rings. The Labute approximate surface area is 120 Å². The van der Waals surface area contributed by atoms with Crippen LogP contribution in [-0.4, -0.2) is 48.5 Å². The van der Waals surface area contributed by atoms with Gasteiger partial charge in [-0.2, -0.15) is 4.31 Å². The molecule has 2 aliphatic heterocycles. The average molecular weight is 298 g/mol. The van der Waals surface area contributed by atoms with Crippen molar-refractivity contribution in [3.05, 3.63) is 12.0 Å². The molecule has 0 bridgehead atoms. The molecule has 0 amide bonds. The Kier molecular flexibility index (Phi) is 3.60. The number of aryl methyl sites for hydroxylation is 2. The van der Waals surface area contributed by atoms with E-state index in [-0.39, 0.29) is 5.03 Å². The quantitative estimate of drug-likeness (QED) is 0.879. The van der Waals surface area contributed by atoms with E-state index in [4.69, 9.17) is 0 Å². The summed E-state index contributed by atoms with van der Waals surface area (Å²) in [6.07, 6.45) is 2.61. The van der Waals surface area contributed by atoms with Crippen LogP contribution in [0.5, 0.6) is 0 Å². The third-order valence-electron chi connectivity index (χ3n) is 4.57. The Morgan fingerprint density at radius 1 is 1.40 bits per heavy atom. The van der Waals surface area contributed by atoms with Crippen LogP contribution in [0, 0.1) is 18.8 Å². The molecule has 1 aromatic heterocycles. The third-order valence-corrected chi connectivity index (χ3v) is 6.30. The van der Waals surface area contributed by atoms with Gasteiger partial charge in [0, 0.05) is 25.8 Å². The third kappa shape index (κ3) is 2.27. The molecule has 0 aliphatic carbocycles.